The molecule has 1 aromatic carbocycles. The van der Waals surface area contributed by atoms with Crippen molar-refractivity contribution in [3.8, 4) is 28.4 Å². The number of carboxylic acid groups (broad SMARTS) is 1. The first kappa shape index (κ1) is 19.6. The number of H-pyrrole nitrogens is 1. The van der Waals surface area contributed by atoms with Crippen LogP contribution in [0.3, 0.4) is 0 Å². The molecule has 26 heavy (non-hydrogen) atoms. The van der Waals surface area contributed by atoms with Gasteiger partial charge in [0, 0.05) is 28.8 Å². The van der Waals surface area contributed by atoms with Gasteiger partial charge in [0.25, 0.3) is 0 Å². The van der Waals surface area contributed by atoms with Crippen LogP contribution < -0.4 is 19.9 Å². The molecule has 8 heteroatoms. The molecule has 0 spiro atoms. The van der Waals surface area contributed by atoms with Gasteiger partial charge in [0.2, 0.25) is 5.75 Å². The quantitative estimate of drug-likeness (QED) is 0.564. The fraction of sp³-hybridized carbons (Fsp3) is 0.389. The average molecular weight is 364 g/mol. The van der Waals surface area contributed by atoms with Crippen LogP contribution in [0, 0.1) is 0 Å². The molecule has 5 N–H and O–H groups in total. The van der Waals surface area contributed by atoms with E-state index in [-0.39, 0.29) is 11.3 Å². The minimum Gasteiger partial charge on any atom is -0.493 e. The second kappa shape index (κ2) is 8.11. The zero-order valence-electron chi connectivity index (χ0n) is 15.3. The number of aliphatic hydroxyl groups is 1. The molecule has 0 fully saturated rings. The van der Waals surface area contributed by atoms with Crippen LogP contribution in [-0.4, -0.2) is 49.0 Å². The van der Waals surface area contributed by atoms with E-state index in [4.69, 9.17) is 19.9 Å². The minimum absolute atomic E-state index is 0.0738. The third-order valence-corrected chi connectivity index (χ3v) is 4.12. The number of hydrogen-bond donors (Lipinski definition) is 4. The van der Waals surface area contributed by atoms with Crippen molar-refractivity contribution in [3.63, 3.8) is 0 Å². The van der Waals surface area contributed by atoms with Crippen LogP contribution in [0.25, 0.3) is 11.1 Å². The van der Waals surface area contributed by atoms with E-state index in [1.165, 1.54) is 28.3 Å². The predicted molar refractivity (Wildman–Crippen MR) is 96.2 cm³/mol. The molecule has 8 nitrogen and oxygen atoms in total. The highest BCUT2D eigenvalue weighted by Crippen LogP contribution is 2.47. The Bertz CT molecular complexity index is 797. The van der Waals surface area contributed by atoms with Crippen molar-refractivity contribution >= 4 is 5.97 Å². The van der Waals surface area contributed by atoms with Gasteiger partial charge in [0.1, 0.15) is 5.69 Å². The lowest BCUT2D eigenvalue weighted by Crippen LogP contribution is -2.05. The first-order valence-electron chi connectivity index (χ1n) is 8.06. The van der Waals surface area contributed by atoms with Gasteiger partial charge in [-0.3, -0.25) is 0 Å². The van der Waals surface area contributed by atoms with Crippen molar-refractivity contribution in [1.29, 1.82) is 0 Å². The van der Waals surface area contributed by atoms with E-state index in [0.29, 0.717) is 47.0 Å². The maximum atomic E-state index is 11.7. The van der Waals surface area contributed by atoms with Crippen LogP contribution in [0.15, 0.2) is 12.1 Å². The number of methoxy groups -OCH3 is 3. The van der Waals surface area contributed by atoms with E-state index in [1.54, 1.807) is 12.1 Å². The molecule has 1 heterocycles. The van der Waals surface area contributed by atoms with Crippen LogP contribution >= 0.6 is 0 Å². The minimum atomic E-state index is -1.16. The molecule has 1 unspecified atom stereocenters. The zero-order valence-corrected chi connectivity index (χ0v) is 15.3. The SMILES string of the molecule is COc1ccc(-c2c(CCN)[nH]c(C(=O)O)c2C(C)O)c(OC)c1OC. The van der Waals surface area contributed by atoms with E-state index in [1.807, 2.05) is 0 Å². The van der Waals surface area contributed by atoms with Gasteiger partial charge >= 0.3 is 5.97 Å². The summed E-state index contributed by atoms with van der Waals surface area (Å²) in [6.07, 6.45) is -0.614. The number of nitrogens with one attached hydrogen (secondary N) is 1. The summed E-state index contributed by atoms with van der Waals surface area (Å²) in [5.74, 6) is 0.0645. The second-order valence-electron chi connectivity index (χ2n) is 5.67. The monoisotopic (exact) mass is 364 g/mol. The fourth-order valence-corrected chi connectivity index (χ4v) is 3.09. The smallest absolute Gasteiger partial charge is 0.352 e. The third-order valence-electron chi connectivity index (χ3n) is 4.12. The number of rotatable bonds is 8. The molecule has 1 atom stereocenters. The van der Waals surface area contributed by atoms with Crippen LogP contribution in [0.5, 0.6) is 17.2 Å². The standard InChI is InChI=1S/C18H24N2O6/c1-9(21)13-14(11(7-8-19)20-15(13)18(22)23)10-5-6-12(24-2)17(26-4)16(10)25-3/h5-6,9,20-21H,7-8,19H2,1-4H3,(H,22,23). The third kappa shape index (κ3) is 3.33. The Kier molecular flexibility index (Phi) is 6.12. The summed E-state index contributed by atoms with van der Waals surface area (Å²) in [7, 11) is 4.48. The van der Waals surface area contributed by atoms with Crippen molar-refractivity contribution in [2.75, 3.05) is 27.9 Å². The molecule has 0 bridgehead atoms. The lowest BCUT2D eigenvalue weighted by atomic mass is 9.94. The highest BCUT2D eigenvalue weighted by atomic mass is 16.5. The van der Waals surface area contributed by atoms with E-state index in [2.05, 4.69) is 4.98 Å². The molecule has 0 aliphatic carbocycles. The van der Waals surface area contributed by atoms with Gasteiger partial charge in [-0.05, 0) is 25.6 Å². The maximum Gasteiger partial charge on any atom is 0.352 e. The van der Waals surface area contributed by atoms with E-state index in [9.17, 15) is 15.0 Å². The Balaban J connectivity index is 2.88. The molecule has 0 saturated heterocycles. The summed E-state index contributed by atoms with van der Waals surface area (Å²) in [5.41, 5.74) is 7.60. The zero-order chi connectivity index (χ0) is 19.4. The Morgan fingerprint density at radius 1 is 1.19 bits per heavy atom. The molecule has 1 aromatic heterocycles. The van der Waals surface area contributed by atoms with Crippen LogP contribution in [0.2, 0.25) is 0 Å². The number of hydrogen-bond acceptors (Lipinski definition) is 6. The number of aromatic carboxylic acids is 1. The van der Waals surface area contributed by atoms with E-state index < -0.39 is 12.1 Å². The van der Waals surface area contributed by atoms with Crippen molar-refractivity contribution in [2.24, 2.45) is 5.73 Å². The van der Waals surface area contributed by atoms with E-state index >= 15 is 0 Å². The summed E-state index contributed by atoms with van der Waals surface area (Å²) >= 11 is 0. The Morgan fingerprint density at radius 3 is 2.31 bits per heavy atom. The average Bonchev–Trinajstić information content (AvgIpc) is 3.00. The maximum absolute atomic E-state index is 11.7. The van der Waals surface area contributed by atoms with Gasteiger partial charge in [0.15, 0.2) is 11.5 Å². The highest BCUT2D eigenvalue weighted by Gasteiger charge is 2.29. The number of benzene rings is 1. The van der Waals surface area contributed by atoms with Crippen LogP contribution in [0.1, 0.15) is 34.8 Å². The number of carboxylic acids is 1. The predicted octanol–water partition coefficient (Wildman–Crippen LogP) is 1.96. The number of carbonyl (C=O) groups is 1. The van der Waals surface area contributed by atoms with Gasteiger partial charge < -0.3 is 35.1 Å². The van der Waals surface area contributed by atoms with Crippen LogP contribution in [0.4, 0.5) is 0 Å². The number of nitrogens with two attached hydrogens (primary N) is 1. The van der Waals surface area contributed by atoms with E-state index in [0.717, 1.165) is 0 Å². The molecule has 0 radical (unpaired) electrons. The normalized spacial score (nSPS) is 11.9. The molecule has 142 valence electrons. The molecular weight excluding hydrogens is 340 g/mol. The topological polar surface area (TPSA) is 127 Å². The molecular formula is C18H24N2O6. The summed E-state index contributed by atoms with van der Waals surface area (Å²) < 4.78 is 16.2. The first-order chi connectivity index (χ1) is 12.4. The summed E-state index contributed by atoms with van der Waals surface area (Å²) in [5, 5.41) is 19.8. The van der Waals surface area contributed by atoms with Crippen molar-refractivity contribution in [3.05, 3.63) is 29.1 Å². The number of aromatic nitrogens is 1. The van der Waals surface area contributed by atoms with Gasteiger partial charge in [-0.1, -0.05) is 0 Å². The molecule has 0 aliphatic rings. The molecule has 0 aliphatic heterocycles. The Morgan fingerprint density at radius 2 is 1.85 bits per heavy atom. The van der Waals surface area contributed by atoms with Crippen LogP contribution in [-0.2, 0) is 6.42 Å². The second-order valence-corrected chi connectivity index (χ2v) is 5.67. The van der Waals surface area contributed by atoms with Crippen molar-refractivity contribution in [1.82, 2.24) is 4.98 Å². The largest absolute Gasteiger partial charge is 0.493 e. The molecule has 2 aromatic rings. The number of aliphatic hydroxyl groups excluding tert-OH is 1. The molecule has 0 amide bonds. The number of ether oxygens (including phenoxy) is 3. The summed E-state index contributed by atoms with van der Waals surface area (Å²) in [4.78, 5) is 14.5. The van der Waals surface area contributed by atoms with Gasteiger partial charge in [-0.15, -0.1) is 0 Å². The van der Waals surface area contributed by atoms with Gasteiger partial charge in [0.05, 0.1) is 27.4 Å². The summed E-state index contributed by atoms with van der Waals surface area (Å²) in [6.45, 7) is 1.82. The Labute approximate surface area is 151 Å². The van der Waals surface area contributed by atoms with Gasteiger partial charge in [-0.25, -0.2) is 4.79 Å². The lowest BCUT2D eigenvalue weighted by Gasteiger charge is -2.18. The summed E-state index contributed by atoms with van der Waals surface area (Å²) in [6, 6.07) is 3.43. The van der Waals surface area contributed by atoms with Gasteiger partial charge in [-0.2, -0.15) is 0 Å². The van der Waals surface area contributed by atoms with Crippen molar-refractivity contribution in [2.45, 2.75) is 19.4 Å². The lowest BCUT2D eigenvalue weighted by molar-refractivity contribution is 0.0684. The highest BCUT2D eigenvalue weighted by molar-refractivity contribution is 5.93. The molecule has 0 saturated carbocycles. The Hall–Kier alpha value is -2.71. The van der Waals surface area contributed by atoms with Crippen molar-refractivity contribution < 1.29 is 29.2 Å². The molecule has 2 rings (SSSR count). The first-order valence-corrected chi connectivity index (χ1v) is 8.06. The fourth-order valence-electron chi connectivity index (χ4n) is 3.09. The number of aromatic amines is 1.